The molecule has 1 aliphatic heterocycles. The smallest absolute Gasteiger partial charge is 0.288 e. The summed E-state index contributed by atoms with van der Waals surface area (Å²) in [5.74, 6) is 0.350. The van der Waals surface area contributed by atoms with Gasteiger partial charge in [-0.05, 0) is 36.5 Å². The molecule has 112 valence electrons. The van der Waals surface area contributed by atoms with Gasteiger partial charge in [-0.2, -0.15) is 0 Å². The van der Waals surface area contributed by atoms with Crippen LogP contribution < -0.4 is 5.73 Å². The molecule has 21 heavy (non-hydrogen) atoms. The summed E-state index contributed by atoms with van der Waals surface area (Å²) in [7, 11) is 0. The maximum atomic E-state index is 11.2. The Morgan fingerprint density at radius 1 is 1.52 bits per heavy atom. The van der Waals surface area contributed by atoms with Crippen molar-refractivity contribution < 1.29 is 9.21 Å². The van der Waals surface area contributed by atoms with Crippen molar-refractivity contribution in [2.75, 3.05) is 13.1 Å². The molecule has 8 heteroatoms. The summed E-state index contributed by atoms with van der Waals surface area (Å²) in [6.45, 7) is 2.21. The largest absolute Gasteiger partial charge is 0.408 e. The van der Waals surface area contributed by atoms with Crippen molar-refractivity contribution in [3.05, 3.63) is 22.4 Å². The molecular weight excluding hydrogens is 308 g/mol. The van der Waals surface area contributed by atoms with Crippen molar-refractivity contribution in [2.45, 2.75) is 19.5 Å². The third-order valence-electron chi connectivity index (χ3n) is 3.66. The zero-order valence-corrected chi connectivity index (χ0v) is 13.0. The molecule has 0 unspecified atom stereocenters. The average molecular weight is 324 g/mol. The van der Waals surface area contributed by atoms with Gasteiger partial charge in [-0.25, -0.2) is 4.68 Å². The first-order chi connectivity index (χ1) is 10.1. The molecule has 1 aliphatic rings. The minimum atomic E-state index is -0.201. The van der Waals surface area contributed by atoms with Crippen LogP contribution in [0.15, 0.2) is 21.9 Å². The van der Waals surface area contributed by atoms with Crippen LogP contribution in [0.5, 0.6) is 0 Å². The van der Waals surface area contributed by atoms with E-state index in [-0.39, 0.29) is 11.8 Å². The first-order valence-corrected chi connectivity index (χ1v) is 8.06. The molecule has 6 nitrogen and oxygen atoms in total. The first-order valence-electron chi connectivity index (χ1n) is 6.77. The van der Waals surface area contributed by atoms with E-state index in [9.17, 15) is 4.79 Å². The SMILES string of the molecule is NC(=O)C1CCN(Cn2nc(-c3cccs3)oc2=S)CC1. The van der Waals surface area contributed by atoms with E-state index in [1.807, 2.05) is 17.5 Å². The fraction of sp³-hybridized carbons (Fsp3) is 0.462. The van der Waals surface area contributed by atoms with Gasteiger partial charge in [0.1, 0.15) is 0 Å². The highest BCUT2D eigenvalue weighted by Gasteiger charge is 2.23. The van der Waals surface area contributed by atoms with Gasteiger partial charge in [-0.1, -0.05) is 6.07 Å². The number of hydrogen-bond acceptors (Lipinski definition) is 6. The minimum absolute atomic E-state index is 0.00629. The summed E-state index contributed by atoms with van der Waals surface area (Å²) in [6, 6.07) is 3.90. The first kappa shape index (κ1) is 14.4. The summed E-state index contributed by atoms with van der Waals surface area (Å²) in [4.78, 5) is 14.7. The van der Waals surface area contributed by atoms with Crippen LogP contribution in [0.3, 0.4) is 0 Å². The summed E-state index contributed by atoms with van der Waals surface area (Å²) >= 11 is 6.78. The van der Waals surface area contributed by atoms with Crippen LogP contribution >= 0.6 is 23.6 Å². The number of rotatable bonds is 4. The van der Waals surface area contributed by atoms with Crippen molar-refractivity contribution in [3.63, 3.8) is 0 Å². The van der Waals surface area contributed by atoms with E-state index >= 15 is 0 Å². The fourth-order valence-electron chi connectivity index (χ4n) is 2.44. The fourth-order valence-corrected chi connectivity index (χ4v) is 3.27. The molecule has 2 aromatic rings. The Hall–Kier alpha value is -1.51. The molecule has 0 radical (unpaired) electrons. The number of nitrogens with two attached hydrogens (primary N) is 1. The van der Waals surface area contributed by atoms with E-state index in [0.29, 0.717) is 17.4 Å². The van der Waals surface area contributed by atoms with Crippen LogP contribution in [-0.2, 0) is 11.5 Å². The van der Waals surface area contributed by atoms with E-state index in [0.717, 1.165) is 30.8 Å². The van der Waals surface area contributed by atoms with Crippen LogP contribution in [0.4, 0.5) is 0 Å². The Kier molecular flexibility index (Phi) is 4.18. The topological polar surface area (TPSA) is 77.3 Å². The van der Waals surface area contributed by atoms with Crippen molar-refractivity contribution in [1.82, 2.24) is 14.7 Å². The van der Waals surface area contributed by atoms with Crippen molar-refractivity contribution in [3.8, 4) is 10.8 Å². The predicted octanol–water partition coefficient (Wildman–Crippen LogP) is 2.09. The van der Waals surface area contributed by atoms with E-state index < -0.39 is 0 Å². The van der Waals surface area contributed by atoms with Crippen LogP contribution in [0.25, 0.3) is 10.8 Å². The number of likely N-dealkylation sites (tertiary alicyclic amines) is 1. The Morgan fingerprint density at radius 3 is 2.90 bits per heavy atom. The summed E-state index contributed by atoms with van der Waals surface area (Å²) in [5.41, 5.74) is 5.34. The number of piperidine rings is 1. The second kappa shape index (κ2) is 6.08. The zero-order valence-electron chi connectivity index (χ0n) is 11.4. The van der Waals surface area contributed by atoms with Gasteiger partial charge in [-0.3, -0.25) is 9.69 Å². The maximum Gasteiger partial charge on any atom is 0.288 e. The Bertz CT molecular complexity index is 669. The van der Waals surface area contributed by atoms with Gasteiger partial charge in [0.2, 0.25) is 5.91 Å². The second-order valence-corrected chi connectivity index (χ2v) is 6.38. The van der Waals surface area contributed by atoms with Crippen molar-refractivity contribution in [1.29, 1.82) is 0 Å². The molecule has 0 saturated carbocycles. The number of carbonyl (C=O) groups excluding carboxylic acids is 1. The number of hydrogen-bond donors (Lipinski definition) is 1. The number of carbonyl (C=O) groups is 1. The lowest BCUT2D eigenvalue weighted by Crippen LogP contribution is -2.39. The Labute approximate surface area is 131 Å². The predicted molar refractivity (Wildman–Crippen MR) is 82.1 cm³/mol. The van der Waals surface area contributed by atoms with Gasteiger partial charge in [0.05, 0.1) is 11.5 Å². The van der Waals surface area contributed by atoms with Crippen LogP contribution in [0.1, 0.15) is 12.8 Å². The summed E-state index contributed by atoms with van der Waals surface area (Å²) in [5, 5.41) is 6.40. The second-order valence-electron chi connectivity index (χ2n) is 5.09. The Morgan fingerprint density at radius 2 is 2.29 bits per heavy atom. The highest BCUT2D eigenvalue weighted by Crippen LogP contribution is 2.23. The maximum absolute atomic E-state index is 11.2. The standard InChI is InChI=1S/C13H16N4O2S2/c14-11(18)9-3-5-16(6-4-9)8-17-13(20)19-12(15-17)10-2-1-7-21-10/h1-2,7,9H,3-6,8H2,(H2,14,18). The number of aromatic nitrogens is 2. The molecule has 1 fully saturated rings. The highest BCUT2D eigenvalue weighted by atomic mass is 32.1. The third kappa shape index (κ3) is 3.22. The average Bonchev–Trinajstić information content (AvgIpc) is 3.10. The normalized spacial score (nSPS) is 17.1. The molecule has 1 saturated heterocycles. The van der Waals surface area contributed by atoms with E-state index in [2.05, 4.69) is 10.00 Å². The van der Waals surface area contributed by atoms with Crippen molar-refractivity contribution >= 4 is 29.5 Å². The van der Waals surface area contributed by atoms with E-state index in [1.165, 1.54) is 0 Å². The molecule has 0 aliphatic carbocycles. The quantitative estimate of drug-likeness (QED) is 0.871. The van der Waals surface area contributed by atoms with E-state index in [4.69, 9.17) is 22.4 Å². The minimum Gasteiger partial charge on any atom is -0.408 e. The molecule has 3 heterocycles. The van der Waals surface area contributed by atoms with Gasteiger partial charge < -0.3 is 10.2 Å². The molecule has 3 rings (SSSR count). The monoisotopic (exact) mass is 324 g/mol. The molecule has 0 atom stereocenters. The van der Waals surface area contributed by atoms with Crippen LogP contribution in [0, 0.1) is 10.8 Å². The van der Waals surface area contributed by atoms with Gasteiger partial charge in [0.25, 0.3) is 10.7 Å². The molecule has 0 bridgehead atoms. The van der Waals surface area contributed by atoms with Crippen LogP contribution in [0.2, 0.25) is 0 Å². The van der Waals surface area contributed by atoms with Gasteiger partial charge >= 0.3 is 0 Å². The number of thiophene rings is 1. The lowest BCUT2D eigenvalue weighted by Gasteiger charge is -2.29. The molecule has 0 aromatic carbocycles. The van der Waals surface area contributed by atoms with Gasteiger partial charge in [0.15, 0.2) is 0 Å². The van der Waals surface area contributed by atoms with Crippen LogP contribution in [-0.4, -0.2) is 33.7 Å². The molecule has 0 spiro atoms. The lowest BCUT2D eigenvalue weighted by molar-refractivity contribution is -0.123. The summed E-state index contributed by atoms with van der Waals surface area (Å²) in [6.07, 6.45) is 1.58. The Balaban J connectivity index is 1.66. The van der Waals surface area contributed by atoms with Crippen molar-refractivity contribution in [2.24, 2.45) is 11.7 Å². The lowest BCUT2D eigenvalue weighted by atomic mass is 9.97. The number of primary amides is 1. The van der Waals surface area contributed by atoms with Gasteiger partial charge in [0, 0.05) is 19.0 Å². The van der Waals surface area contributed by atoms with Gasteiger partial charge in [-0.15, -0.1) is 16.4 Å². The molecule has 2 aromatic heterocycles. The molecule has 1 amide bonds. The summed E-state index contributed by atoms with van der Waals surface area (Å²) < 4.78 is 7.23. The number of nitrogens with zero attached hydrogens (tertiary/aromatic N) is 3. The third-order valence-corrected chi connectivity index (χ3v) is 4.81. The molecular formula is C13H16N4O2S2. The number of amides is 1. The van der Waals surface area contributed by atoms with E-state index in [1.54, 1.807) is 16.0 Å². The zero-order chi connectivity index (χ0) is 14.8. The molecule has 2 N–H and O–H groups in total. The highest BCUT2D eigenvalue weighted by molar-refractivity contribution is 7.71.